The van der Waals surface area contributed by atoms with Gasteiger partial charge in [-0.1, -0.05) is 18.3 Å². The van der Waals surface area contributed by atoms with Gasteiger partial charge in [0.25, 0.3) is 6.02 Å². The quantitative estimate of drug-likeness (QED) is 0.509. The molecule has 0 aliphatic rings. The van der Waals surface area contributed by atoms with Gasteiger partial charge in [0.05, 0.1) is 18.2 Å². The summed E-state index contributed by atoms with van der Waals surface area (Å²) in [5.41, 5.74) is 6.06. The Hall–Kier alpha value is -1.63. The van der Waals surface area contributed by atoms with E-state index in [9.17, 15) is 4.79 Å². The smallest absolute Gasteiger partial charge is 0.315 e. The number of nitrogens with zero attached hydrogens (tertiary/aromatic N) is 2. The number of rotatable bonds is 5. The molecule has 1 aromatic heterocycles. The molecule has 0 radical (unpaired) electrons. The molecule has 0 spiro atoms. The molecule has 0 fully saturated rings. The number of esters is 1. The molecule has 1 aromatic rings. The van der Waals surface area contributed by atoms with Crippen LogP contribution in [0.1, 0.15) is 57.5 Å². The fraction of sp³-hybridized carbons (Fsp3) is 0.667. The molecular formula is C15H25N3O3S. The average molecular weight is 327 g/mol. The largest absolute Gasteiger partial charge is 0.465 e. The Balaban J connectivity index is 3.00. The van der Waals surface area contributed by atoms with Gasteiger partial charge in [-0.3, -0.25) is 4.79 Å². The first-order valence-electron chi connectivity index (χ1n) is 7.35. The Morgan fingerprint density at radius 1 is 1.41 bits per heavy atom. The third-order valence-corrected chi connectivity index (χ3v) is 3.63. The monoisotopic (exact) mass is 327 g/mol. The van der Waals surface area contributed by atoms with Crippen molar-refractivity contribution in [2.24, 2.45) is 10.7 Å². The van der Waals surface area contributed by atoms with Crippen LogP contribution in [0.2, 0.25) is 0 Å². The number of aliphatic imine (C=N–C) groups is 1. The van der Waals surface area contributed by atoms with Crippen LogP contribution in [0.25, 0.3) is 0 Å². The molecule has 0 aliphatic carbocycles. The van der Waals surface area contributed by atoms with E-state index in [1.807, 2.05) is 34.6 Å². The number of carbonyl (C=O) groups is 1. The van der Waals surface area contributed by atoms with Gasteiger partial charge in [-0.2, -0.15) is 4.99 Å². The Morgan fingerprint density at radius 2 is 2.05 bits per heavy atom. The molecular weight excluding hydrogens is 302 g/mol. The van der Waals surface area contributed by atoms with E-state index in [1.165, 1.54) is 11.3 Å². The summed E-state index contributed by atoms with van der Waals surface area (Å²) in [4.78, 5) is 21.5. The summed E-state index contributed by atoms with van der Waals surface area (Å²) in [7, 11) is 0. The SMILES string of the molecule is CCOC(=O)C(CC)c1nc(N=C(N)OC(C)(C)C)sc1C. The zero-order chi connectivity index (χ0) is 16.9. The first-order valence-corrected chi connectivity index (χ1v) is 8.16. The summed E-state index contributed by atoms with van der Waals surface area (Å²) in [6.45, 7) is 11.7. The van der Waals surface area contributed by atoms with E-state index >= 15 is 0 Å². The minimum Gasteiger partial charge on any atom is -0.465 e. The van der Waals surface area contributed by atoms with Crippen molar-refractivity contribution in [2.75, 3.05) is 6.61 Å². The minimum absolute atomic E-state index is 0.0667. The summed E-state index contributed by atoms with van der Waals surface area (Å²) >= 11 is 1.38. The predicted octanol–water partition coefficient (Wildman–Crippen LogP) is 3.27. The highest BCUT2D eigenvalue weighted by atomic mass is 32.1. The lowest BCUT2D eigenvalue weighted by Crippen LogP contribution is -2.28. The third-order valence-electron chi connectivity index (χ3n) is 2.75. The van der Waals surface area contributed by atoms with E-state index in [0.29, 0.717) is 23.9 Å². The molecule has 0 amide bonds. The van der Waals surface area contributed by atoms with Crippen LogP contribution in [0, 0.1) is 6.92 Å². The minimum atomic E-state index is -0.417. The Morgan fingerprint density at radius 3 is 2.55 bits per heavy atom. The normalized spacial score (nSPS) is 13.8. The van der Waals surface area contributed by atoms with Gasteiger partial charge in [0, 0.05) is 4.88 Å². The molecule has 22 heavy (non-hydrogen) atoms. The molecule has 0 aromatic carbocycles. The molecule has 7 heteroatoms. The number of amidine groups is 1. The predicted molar refractivity (Wildman–Crippen MR) is 88.6 cm³/mol. The maximum atomic E-state index is 12.0. The molecule has 124 valence electrons. The van der Waals surface area contributed by atoms with Crippen molar-refractivity contribution in [2.45, 2.75) is 59.5 Å². The van der Waals surface area contributed by atoms with Gasteiger partial charge in [0.15, 0.2) is 0 Å². The lowest BCUT2D eigenvalue weighted by atomic mass is 10.0. The standard InChI is InChI=1S/C15H25N3O3S/c1-7-10(12(19)20-8-2)11-9(3)22-14(17-11)18-13(16)21-15(4,5)6/h10H,7-8H2,1-6H3,(H2,16,17,18). The van der Waals surface area contributed by atoms with E-state index in [-0.39, 0.29) is 17.9 Å². The zero-order valence-electron chi connectivity index (χ0n) is 14.1. The fourth-order valence-electron chi connectivity index (χ4n) is 1.91. The number of ether oxygens (including phenoxy) is 2. The average Bonchev–Trinajstić information content (AvgIpc) is 2.69. The number of aryl methyl sites for hydroxylation is 1. The number of aromatic nitrogens is 1. The Labute approximate surface area is 135 Å². The van der Waals surface area contributed by atoms with E-state index in [4.69, 9.17) is 15.2 Å². The molecule has 0 saturated heterocycles. The summed E-state index contributed by atoms with van der Waals surface area (Å²) in [6, 6.07) is 0.0667. The highest BCUT2D eigenvalue weighted by Gasteiger charge is 2.25. The first-order chi connectivity index (χ1) is 10.2. The highest BCUT2D eigenvalue weighted by molar-refractivity contribution is 7.15. The van der Waals surface area contributed by atoms with Crippen LogP contribution in [0.4, 0.5) is 5.13 Å². The van der Waals surface area contributed by atoms with Crippen LogP contribution >= 0.6 is 11.3 Å². The van der Waals surface area contributed by atoms with Gasteiger partial charge in [-0.05, 0) is 41.0 Å². The van der Waals surface area contributed by atoms with E-state index < -0.39 is 5.60 Å². The van der Waals surface area contributed by atoms with Crippen LogP contribution in [-0.2, 0) is 14.3 Å². The van der Waals surface area contributed by atoms with Crippen molar-refractivity contribution in [1.82, 2.24) is 4.98 Å². The van der Waals surface area contributed by atoms with Crippen LogP contribution in [0.3, 0.4) is 0 Å². The lowest BCUT2D eigenvalue weighted by molar-refractivity contribution is -0.145. The number of thiazole rings is 1. The van der Waals surface area contributed by atoms with Crippen LogP contribution < -0.4 is 5.73 Å². The van der Waals surface area contributed by atoms with E-state index in [0.717, 1.165) is 4.88 Å². The number of nitrogens with two attached hydrogens (primary N) is 1. The summed E-state index contributed by atoms with van der Waals surface area (Å²) < 4.78 is 10.6. The molecule has 0 saturated carbocycles. The van der Waals surface area contributed by atoms with Crippen molar-refractivity contribution in [3.8, 4) is 0 Å². The second-order valence-corrected chi connectivity index (χ2v) is 7.00. The first kappa shape index (κ1) is 18.4. The van der Waals surface area contributed by atoms with Crippen molar-refractivity contribution in [1.29, 1.82) is 0 Å². The number of carbonyl (C=O) groups excluding carboxylic acids is 1. The van der Waals surface area contributed by atoms with Crippen molar-refractivity contribution in [3.05, 3.63) is 10.6 Å². The van der Waals surface area contributed by atoms with Crippen LogP contribution in [-0.4, -0.2) is 29.2 Å². The van der Waals surface area contributed by atoms with E-state index in [2.05, 4.69) is 9.98 Å². The Bertz CT molecular complexity index is 547. The van der Waals surface area contributed by atoms with Crippen molar-refractivity contribution >= 4 is 28.5 Å². The molecule has 1 rings (SSSR count). The molecule has 1 unspecified atom stereocenters. The summed E-state index contributed by atoms with van der Waals surface area (Å²) in [5.74, 6) is -0.627. The topological polar surface area (TPSA) is 86.8 Å². The molecule has 2 N–H and O–H groups in total. The van der Waals surface area contributed by atoms with Crippen molar-refractivity contribution in [3.63, 3.8) is 0 Å². The molecule has 1 heterocycles. The second kappa shape index (κ2) is 7.58. The second-order valence-electron chi connectivity index (χ2n) is 5.82. The summed E-state index contributed by atoms with van der Waals surface area (Å²) in [5, 5.41) is 0.483. The Kier molecular flexibility index (Phi) is 6.34. The number of hydrogen-bond acceptors (Lipinski definition) is 6. The van der Waals surface area contributed by atoms with Crippen LogP contribution in [0.15, 0.2) is 4.99 Å². The molecule has 1 atom stereocenters. The zero-order valence-corrected chi connectivity index (χ0v) is 14.9. The van der Waals surface area contributed by atoms with Gasteiger partial charge in [-0.15, -0.1) is 0 Å². The summed E-state index contributed by atoms with van der Waals surface area (Å²) in [6.07, 6.45) is 0.626. The highest BCUT2D eigenvalue weighted by Crippen LogP contribution is 2.32. The fourth-order valence-corrected chi connectivity index (χ4v) is 2.76. The molecule has 0 aliphatic heterocycles. The van der Waals surface area contributed by atoms with E-state index in [1.54, 1.807) is 6.92 Å². The molecule has 0 bridgehead atoms. The van der Waals surface area contributed by atoms with Gasteiger partial charge in [0.2, 0.25) is 5.13 Å². The molecule has 6 nitrogen and oxygen atoms in total. The van der Waals surface area contributed by atoms with Gasteiger partial charge < -0.3 is 15.2 Å². The van der Waals surface area contributed by atoms with Gasteiger partial charge in [0.1, 0.15) is 5.60 Å². The van der Waals surface area contributed by atoms with Crippen molar-refractivity contribution < 1.29 is 14.3 Å². The van der Waals surface area contributed by atoms with Crippen LogP contribution in [0.5, 0.6) is 0 Å². The maximum Gasteiger partial charge on any atom is 0.315 e. The van der Waals surface area contributed by atoms with Gasteiger partial charge >= 0.3 is 5.97 Å². The lowest BCUT2D eigenvalue weighted by Gasteiger charge is -2.19. The third kappa shape index (κ3) is 5.29. The van der Waals surface area contributed by atoms with Gasteiger partial charge in [-0.25, -0.2) is 4.98 Å². The maximum absolute atomic E-state index is 12.0. The number of hydrogen-bond donors (Lipinski definition) is 1.